The van der Waals surface area contributed by atoms with E-state index in [1.165, 1.54) is 6.07 Å². The Bertz CT molecular complexity index is 432. The molecule has 2 heterocycles. The van der Waals surface area contributed by atoms with E-state index in [1.54, 1.807) is 0 Å². The van der Waals surface area contributed by atoms with Crippen molar-refractivity contribution >= 4 is 5.82 Å². The number of nitrogens with one attached hydrogen (secondary N) is 1. The molecule has 1 aliphatic rings. The predicted molar refractivity (Wildman–Crippen MR) is 63.3 cm³/mol. The van der Waals surface area contributed by atoms with E-state index in [1.807, 2.05) is 11.8 Å². The third-order valence-electron chi connectivity index (χ3n) is 2.78. The van der Waals surface area contributed by atoms with Gasteiger partial charge in [-0.15, -0.1) is 0 Å². The molecule has 1 aliphatic heterocycles. The molecule has 0 saturated carbocycles. The van der Waals surface area contributed by atoms with Crippen LogP contribution in [0.15, 0.2) is 10.9 Å². The first-order valence-electron chi connectivity index (χ1n) is 5.80. The molecule has 94 valence electrons. The van der Waals surface area contributed by atoms with E-state index in [9.17, 15) is 4.79 Å². The van der Waals surface area contributed by atoms with Crippen LogP contribution in [0.5, 0.6) is 0 Å². The summed E-state index contributed by atoms with van der Waals surface area (Å²) in [7, 11) is 0. The second kappa shape index (κ2) is 5.29. The third-order valence-corrected chi connectivity index (χ3v) is 2.78. The lowest BCUT2D eigenvalue weighted by atomic mass is 10.3. The molecule has 1 fully saturated rings. The fraction of sp³-hybridized carbons (Fsp3) is 0.636. The Kier molecular flexibility index (Phi) is 3.75. The maximum absolute atomic E-state index is 11.5. The maximum atomic E-state index is 11.5. The first-order chi connectivity index (χ1) is 8.22. The van der Waals surface area contributed by atoms with Crippen LogP contribution in [0.25, 0.3) is 0 Å². The van der Waals surface area contributed by atoms with Crippen molar-refractivity contribution < 1.29 is 9.84 Å². The largest absolute Gasteiger partial charge is 0.394 e. The Morgan fingerprint density at radius 3 is 3.24 bits per heavy atom. The lowest BCUT2D eigenvalue weighted by Gasteiger charge is -2.32. The van der Waals surface area contributed by atoms with Gasteiger partial charge in [-0.1, -0.05) is 6.92 Å². The third kappa shape index (κ3) is 2.83. The second-order valence-corrected chi connectivity index (χ2v) is 4.03. The van der Waals surface area contributed by atoms with E-state index in [0.717, 1.165) is 0 Å². The number of aromatic nitrogens is 2. The molecule has 1 saturated heterocycles. The van der Waals surface area contributed by atoms with Gasteiger partial charge in [0.05, 0.1) is 19.3 Å². The highest BCUT2D eigenvalue weighted by Crippen LogP contribution is 2.13. The van der Waals surface area contributed by atoms with E-state index >= 15 is 0 Å². The van der Waals surface area contributed by atoms with Gasteiger partial charge in [-0.25, -0.2) is 4.98 Å². The topological polar surface area (TPSA) is 78.5 Å². The zero-order chi connectivity index (χ0) is 12.3. The lowest BCUT2D eigenvalue weighted by molar-refractivity contribution is 0.00334. The Balaban J connectivity index is 2.21. The molecule has 0 spiro atoms. The fourth-order valence-corrected chi connectivity index (χ4v) is 1.86. The Hall–Kier alpha value is -1.40. The van der Waals surface area contributed by atoms with Gasteiger partial charge in [-0.05, 0) is 0 Å². The number of nitrogens with zero attached hydrogens (tertiary/aromatic N) is 2. The van der Waals surface area contributed by atoms with Crippen LogP contribution < -0.4 is 10.5 Å². The van der Waals surface area contributed by atoms with Gasteiger partial charge in [-0.2, -0.15) is 0 Å². The van der Waals surface area contributed by atoms with Gasteiger partial charge in [0.2, 0.25) is 0 Å². The number of hydrogen-bond donors (Lipinski definition) is 2. The zero-order valence-corrected chi connectivity index (χ0v) is 9.85. The van der Waals surface area contributed by atoms with E-state index < -0.39 is 0 Å². The number of ether oxygens (including phenoxy) is 1. The van der Waals surface area contributed by atoms with Crippen molar-refractivity contribution in [3.8, 4) is 0 Å². The molecule has 0 aliphatic carbocycles. The number of morpholine rings is 1. The number of aromatic amines is 1. The summed E-state index contributed by atoms with van der Waals surface area (Å²) >= 11 is 0. The molecular weight excluding hydrogens is 222 g/mol. The van der Waals surface area contributed by atoms with Crippen LogP contribution in [0.1, 0.15) is 12.7 Å². The number of aliphatic hydroxyl groups is 1. The van der Waals surface area contributed by atoms with E-state index in [0.29, 0.717) is 37.8 Å². The van der Waals surface area contributed by atoms with E-state index in [-0.39, 0.29) is 18.3 Å². The molecule has 2 rings (SSSR count). The van der Waals surface area contributed by atoms with Crippen LogP contribution in [0, 0.1) is 0 Å². The van der Waals surface area contributed by atoms with E-state index in [4.69, 9.17) is 9.84 Å². The van der Waals surface area contributed by atoms with Crippen molar-refractivity contribution in [2.75, 3.05) is 31.2 Å². The average Bonchev–Trinajstić information content (AvgIpc) is 2.38. The minimum atomic E-state index is -0.199. The summed E-state index contributed by atoms with van der Waals surface area (Å²) in [5, 5.41) is 9.07. The quantitative estimate of drug-likeness (QED) is 0.745. The first kappa shape index (κ1) is 12.1. The van der Waals surface area contributed by atoms with Crippen molar-refractivity contribution in [1.82, 2.24) is 9.97 Å². The Morgan fingerprint density at radius 1 is 1.71 bits per heavy atom. The highest BCUT2D eigenvalue weighted by molar-refractivity contribution is 5.38. The minimum absolute atomic E-state index is 0.0136. The first-order valence-corrected chi connectivity index (χ1v) is 5.80. The molecule has 1 unspecified atom stereocenters. The maximum Gasteiger partial charge on any atom is 0.252 e. The summed E-state index contributed by atoms with van der Waals surface area (Å²) in [5.41, 5.74) is -0.140. The van der Waals surface area contributed by atoms with Crippen LogP contribution in [0.3, 0.4) is 0 Å². The van der Waals surface area contributed by atoms with Gasteiger partial charge in [0, 0.05) is 25.6 Å². The molecule has 0 amide bonds. The minimum Gasteiger partial charge on any atom is -0.394 e. The normalized spacial score (nSPS) is 20.6. The predicted octanol–water partition coefficient (Wildman–Crippen LogP) is -0.470. The molecule has 1 atom stereocenters. The SMILES string of the molecule is CCc1nc(N2CCOC(CO)C2)cc(=O)[nH]1. The van der Waals surface area contributed by atoms with Gasteiger partial charge in [0.1, 0.15) is 11.6 Å². The molecular formula is C11H17N3O3. The van der Waals surface area contributed by atoms with Crippen LogP contribution in [-0.2, 0) is 11.2 Å². The van der Waals surface area contributed by atoms with Crippen LogP contribution >= 0.6 is 0 Å². The van der Waals surface area contributed by atoms with Crippen molar-refractivity contribution in [2.24, 2.45) is 0 Å². The number of H-pyrrole nitrogens is 1. The monoisotopic (exact) mass is 239 g/mol. The molecule has 6 heteroatoms. The smallest absolute Gasteiger partial charge is 0.252 e. The summed E-state index contributed by atoms with van der Waals surface area (Å²) in [4.78, 5) is 20.5. The number of aliphatic hydroxyl groups excluding tert-OH is 1. The molecule has 0 aromatic carbocycles. The molecule has 1 aromatic rings. The lowest BCUT2D eigenvalue weighted by Crippen LogP contribution is -2.44. The zero-order valence-electron chi connectivity index (χ0n) is 9.85. The molecule has 1 aromatic heterocycles. The van der Waals surface area contributed by atoms with Crippen molar-refractivity contribution in [1.29, 1.82) is 0 Å². The van der Waals surface area contributed by atoms with Gasteiger partial charge in [0.15, 0.2) is 0 Å². The molecule has 6 nitrogen and oxygen atoms in total. The Morgan fingerprint density at radius 2 is 2.53 bits per heavy atom. The number of rotatable bonds is 3. The van der Waals surface area contributed by atoms with Gasteiger partial charge in [-0.3, -0.25) is 4.79 Å². The Labute approximate surface area is 99.2 Å². The molecule has 0 bridgehead atoms. The van der Waals surface area contributed by atoms with Crippen LogP contribution in [0.4, 0.5) is 5.82 Å². The van der Waals surface area contributed by atoms with Crippen molar-refractivity contribution in [2.45, 2.75) is 19.4 Å². The van der Waals surface area contributed by atoms with E-state index in [2.05, 4.69) is 9.97 Å². The summed E-state index contributed by atoms with van der Waals surface area (Å²) in [5.74, 6) is 1.34. The second-order valence-electron chi connectivity index (χ2n) is 4.03. The van der Waals surface area contributed by atoms with Crippen molar-refractivity contribution in [3.05, 3.63) is 22.2 Å². The van der Waals surface area contributed by atoms with Crippen LogP contribution in [0.2, 0.25) is 0 Å². The standard InChI is InChI=1S/C11H17N3O3/c1-2-9-12-10(5-11(16)13-9)14-3-4-17-8(6-14)7-15/h5,8,15H,2-4,6-7H2,1H3,(H,12,13,16). The number of aryl methyl sites for hydroxylation is 1. The fourth-order valence-electron chi connectivity index (χ4n) is 1.86. The molecule has 17 heavy (non-hydrogen) atoms. The van der Waals surface area contributed by atoms with Crippen molar-refractivity contribution in [3.63, 3.8) is 0 Å². The average molecular weight is 239 g/mol. The highest BCUT2D eigenvalue weighted by atomic mass is 16.5. The highest BCUT2D eigenvalue weighted by Gasteiger charge is 2.21. The van der Waals surface area contributed by atoms with Gasteiger partial charge in [0.25, 0.3) is 5.56 Å². The van der Waals surface area contributed by atoms with Gasteiger partial charge < -0.3 is 19.7 Å². The summed E-state index contributed by atoms with van der Waals surface area (Å²) in [6.45, 7) is 3.73. The summed E-state index contributed by atoms with van der Waals surface area (Å²) in [6.07, 6.45) is 0.492. The van der Waals surface area contributed by atoms with Crippen LogP contribution in [-0.4, -0.2) is 47.5 Å². The summed E-state index contributed by atoms with van der Waals surface area (Å²) in [6, 6.07) is 1.49. The molecule has 2 N–H and O–H groups in total. The number of hydrogen-bond acceptors (Lipinski definition) is 5. The van der Waals surface area contributed by atoms with Gasteiger partial charge >= 0.3 is 0 Å². The number of anilines is 1. The summed E-state index contributed by atoms with van der Waals surface area (Å²) < 4.78 is 5.36. The molecule has 0 radical (unpaired) electrons.